The van der Waals surface area contributed by atoms with Crippen molar-refractivity contribution in [3.05, 3.63) is 57.6 Å². The molecule has 2 unspecified atom stereocenters. The summed E-state index contributed by atoms with van der Waals surface area (Å²) < 4.78 is 0. The molecule has 0 fully saturated rings. The van der Waals surface area contributed by atoms with E-state index in [4.69, 9.17) is 0 Å². The summed E-state index contributed by atoms with van der Waals surface area (Å²) in [4.78, 5) is 3.13. The van der Waals surface area contributed by atoms with Gasteiger partial charge in [0.05, 0.1) is 0 Å². The second kappa shape index (κ2) is 4.98. The van der Waals surface area contributed by atoms with Gasteiger partial charge in [-0.1, -0.05) is 45.1 Å². The van der Waals surface area contributed by atoms with Crippen molar-refractivity contribution in [2.75, 3.05) is 0 Å². The van der Waals surface area contributed by atoms with E-state index in [-0.39, 0.29) is 15.9 Å². The van der Waals surface area contributed by atoms with E-state index < -0.39 is 0 Å². The molecule has 0 aromatic heterocycles. The molecule has 0 bridgehead atoms. The van der Waals surface area contributed by atoms with E-state index in [2.05, 4.69) is 71.9 Å². The summed E-state index contributed by atoms with van der Waals surface area (Å²) in [5.74, 6) is 0. The highest BCUT2D eigenvalue weighted by Crippen LogP contribution is 2.54. The quantitative estimate of drug-likeness (QED) is 0.527. The van der Waals surface area contributed by atoms with Crippen LogP contribution in [0.25, 0.3) is 0 Å². The van der Waals surface area contributed by atoms with Gasteiger partial charge >= 0.3 is 0 Å². The zero-order chi connectivity index (χ0) is 15.4. The summed E-state index contributed by atoms with van der Waals surface area (Å²) in [6, 6.07) is 0. The molecule has 2 atom stereocenters. The van der Waals surface area contributed by atoms with Crippen LogP contribution in [0.3, 0.4) is 0 Å². The van der Waals surface area contributed by atoms with Crippen LogP contribution in [0.2, 0.25) is 0 Å². The molecule has 0 spiro atoms. The third-order valence-electron chi connectivity index (χ3n) is 4.59. The van der Waals surface area contributed by atoms with Crippen LogP contribution >= 0.6 is 10.5 Å². The average molecular weight is 298 g/mol. The van der Waals surface area contributed by atoms with Crippen molar-refractivity contribution in [1.29, 1.82) is 0 Å². The lowest BCUT2D eigenvalue weighted by Gasteiger charge is -2.19. The molecule has 3 aliphatic rings. The lowest BCUT2D eigenvalue weighted by Crippen LogP contribution is -2.06. The van der Waals surface area contributed by atoms with Gasteiger partial charge in [-0.25, -0.2) is 0 Å². The molecule has 112 valence electrons. The van der Waals surface area contributed by atoms with Crippen molar-refractivity contribution in [2.45, 2.75) is 53.2 Å². The van der Waals surface area contributed by atoms with Crippen molar-refractivity contribution in [1.82, 2.24) is 0 Å². The molecule has 2 aliphatic carbocycles. The first-order valence-electron chi connectivity index (χ1n) is 7.88. The molecule has 3 rings (SSSR count). The molecule has 0 radical (unpaired) electrons. The van der Waals surface area contributed by atoms with E-state index in [1.54, 1.807) is 20.9 Å². The van der Waals surface area contributed by atoms with Crippen molar-refractivity contribution >= 4 is 15.3 Å². The summed E-state index contributed by atoms with van der Waals surface area (Å²) in [5, 5.41) is 0.639. The van der Waals surface area contributed by atoms with Gasteiger partial charge in [-0.3, -0.25) is 0 Å². The van der Waals surface area contributed by atoms with E-state index in [0.717, 1.165) is 6.42 Å². The van der Waals surface area contributed by atoms with Crippen molar-refractivity contribution < 1.29 is 0 Å². The first kappa shape index (κ1) is 14.8. The van der Waals surface area contributed by atoms with E-state index in [1.807, 2.05) is 0 Å². The second-order valence-electron chi connectivity index (χ2n) is 7.39. The predicted octanol–water partition coefficient (Wildman–Crippen LogP) is 5.92. The highest BCUT2D eigenvalue weighted by atomic mass is 32.2. The summed E-state index contributed by atoms with van der Waals surface area (Å²) in [6.07, 6.45) is 12.9. The van der Waals surface area contributed by atoms with E-state index in [9.17, 15) is 0 Å². The van der Waals surface area contributed by atoms with E-state index >= 15 is 0 Å². The first-order valence-corrected chi connectivity index (χ1v) is 9.17. The summed E-state index contributed by atoms with van der Waals surface area (Å²) in [7, 11) is 0.290. The fourth-order valence-corrected chi connectivity index (χ4v) is 6.27. The first-order chi connectivity index (χ1) is 9.80. The maximum atomic E-state index is 2.46. The van der Waals surface area contributed by atoms with Crippen LogP contribution < -0.4 is 0 Å². The van der Waals surface area contributed by atoms with Crippen molar-refractivity contribution in [3.8, 4) is 0 Å². The third kappa shape index (κ3) is 2.36. The monoisotopic (exact) mass is 298 g/mol. The fraction of sp³-hybridized carbons (Fsp3) is 0.450. The number of hydrogen-bond acceptors (Lipinski definition) is 0. The van der Waals surface area contributed by atoms with Gasteiger partial charge < -0.3 is 0 Å². The smallest absolute Gasteiger partial charge is 0.0271 e. The van der Waals surface area contributed by atoms with E-state index in [1.165, 1.54) is 11.1 Å². The maximum Gasteiger partial charge on any atom is 0.0271 e. The van der Waals surface area contributed by atoms with Crippen LogP contribution in [0.5, 0.6) is 0 Å². The molecule has 0 amide bonds. The van der Waals surface area contributed by atoms with E-state index in [0.29, 0.717) is 5.25 Å². The number of hydrogen-bond donors (Lipinski definition) is 0. The van der Waals surface area contributed by atoms with Gasteiger partial charge in [0.2, 0.25) is 0 Å². The molecule has 0 nitrogen and oxygen atoms in total. The summed E-state index contributed by atoms with van der Waals surface area (Å²) >= 11 is 0. The summed E-state index contributed by atoms with van der Waals surface area (Å²) in [6.45, 7) is 13.9. The number of fused-ring (bicyclic) bond motifs is 1. The van der Waals surface area contributed by atoms with Crippen LogP contribution in [0.4, 0.5) is 0 Å². The maximum absolute atomic E-state index is 2.46. The van der Waals surface area contributed by atoms with Gasteiger partial charge in [-0.05, 0) is 65.8 Å². The lowest BCUT2D eigenvalue weighted by atomic mass is 9.87. The van der Waals surface area contributed by atoms with Gasteiger partial charge in [-0.2, -0.15) is 0 Å². The molecule has 0 N–H and O–H groups in total. The zero-order valence-electron chi connectivity index (χ0n) is 14.1. The Hall–Kier alpha value is -1.08. The Balaban J connectivity index is 2.05. The minimum atomic E-state index is 0.257. The van der Waals surface area contributed by atoms with Gasteiger partial charge in [0, 0.05) is 10.2 Å². The van der Waals surface area contributed by atoms with Gasteiger partial charge in [-0.15, -0.1) is 10.5 Å². The van der Waals surface area contributed by atoms with Crippen LogP contribution in [0, 0.1) is 5.41 Å². The lowest BCUT2D eigenvalue weighted by molar-refractivity contribution is 0.518. The Morgan fingerprint density at radius 2 is 1.95 bits per heavy atom. The Morgan fingerprint density at radius 3 is 2.52 bits per heavy atom. The number of allylic oxidation sites excluding steroid dienone is 8. The Morgan fingerprint density at radius 1 is 1.24 bits per heavy atom. The SMILES string of the molecule is CC(C)=S1C2=CC=CC2=C(C2=CC(C(C)(C)C)=CC2)C1C. The molecule has 1 aliphatic heterocycles. The molecular formula is C20H26S. The highest BCUT2D eigenvalue weighted by Gasteiger charge is 2.34. The molecule has 0 saturated carbocycles. The zero-order valence-corrected chi connectivity index (χ0v) is 14.9. The average Bonchev–Trinajstić information content (AvgIpc) is 3.01. The molecule has 1 heterocycles. The minimum Gasteiger partial charge on any atom is -0.148 e. The predicted molar refractivity (Wildman–Crippen MR) is 97.9 cm³/mol. The third-order valence-corrected chi connectivity index (χ3v) is 7.24. The highest BCUT2D eigenvalue weighted by molar-refractivity contribution is 8.20. The number of rotatable bonds is 1. The van der Waals surface area contributed by atoms with Crippen LogP contribution in [-0.2, 0) is 0 Å². The summed E-state index contributed by atoms with van der Waals surface area (Å²) in [5.41, 5.74) is 6.43. The molecule has 0 saturated heterocycles. The Labute approximate surface area is 132 Å². The normalized spacial score (nSPS) is 27.8. The van der Waals surface area contributed by atoms with Crippen molar-refractivity contribution in [3.63, 3.8) is 0 Å². The molecular weight excluding hydrogens is 272 g/mol. The van der Waals surface area contributed by atoms with Crippen LogP contribution in [-0.4, -0.2) is 10.1 Å². The molecule has 0 aromatic rings. The van der Waals surface area contributed by atoms with Gasteiger partial charge in [0.15, 0.2) is 0 Å². The second-order valence-corrected chi connectivity index (χ2v) is 10.0. The fourth-order valence-electron chi connectivity index (χ4n) is 3.59. The molecule has 1 heteroatoms. The van der Waals surface area contributed by atoms with Gasteiger partial charge in [0.25, 0.3) is 0 Å². The standard InChI is InChI=1S/C20H26S/c1-13(2)21-14(3)19(17-8-7-9-18(17)21)15-10-11-16(12-15)20(4,5)6/h7-9,11-12,14H,10H2,1-6H3. The Bertz CT molecular complexity index is 678. The van der Waals surface area contributed by atoms with Crippen molar-refractivity contribution in [2.24, 2.45) is 5.41 Å². The largest absolute Gasteiger partial charge is 0.148 e. The topological polar surface area (TPSA) is 0 Å². The molecule has 21 heavy (non-hydrogen) atoms. The minimum absolute atomic E-state index is 0.257. The van der Waals surface area contributed by atoms with Crippen LogP contribution in [0.1, 0.15) is 48.0 Å². The molecule has 0 aromatic carbocycles. The van der Waals surface area contributed by atoms with Crippen LogP contribution in [0.15, 0.2) is 57.6 Å². The Kier molecular flexibility index (Phi) is 3.52. The van der Waals surface area contributed by atoms with Gasteiger partial charge in [0.1, 0.15) is 0 Å².